The van der Waals surface area contributed by atoms with E-state index in [1.54, 1.807) is 44.2 Å². The topological polar surface area (TPSA) is 66.9 Å². The lowest BCUT2D eigenvalue weighted by molar-refractivity contribution is -0.118. The van der Waals surface area contributed by atoms with Crippen LogP contribution in [0.2, 0.25) is 0 Å². The highest BCUT2D eigenvalue weighted by atomic mass is 19.1. The van der Waals surface area contributed by atoms with Crippen LogP contribution < -0.4 is 10.6 Å². The molecule has 104 valence electrons. The Balaban J connectivity index is 2.05. The number of nitrogens with one attached hydrogen (secondary N) is 2. The van der Waals surface area contributed by atoms with Gasteiger partial charge in [0.2, 0.25) is 5.91 Å². The minimum Gasteiger partial charge on any atom is -0.336 e. The third-order valence-electron chi connectivity index (χ3n) is 2.58. The number of anilines is 3. The van der Waals surface area contributed by atoms with E-state index in [2.05, 4.69) is 20.8 Å². The number of hydrogen-bond donors (Lipinski definition) is 2. The van der Waals surface area contributed by atoms with Crippen molar-refractivity contribution in [1.82, 2.24) is 10.2 Å². The number of halogens is 1. The van der Waals surface area contributed by atoms with Crippen LogP contribution in [0.5, 0.6) is 0 Å². The van der Waals surface area contributed by atoms with E-state index in [-0.39, 0.29) is 17.6 Å². The van der Waals surface area contributed by atoms with Gasteiger partial charge in [0.1, 0.15) is 5.82 Å². The van der Waals surface area contributed by atoms with Crippen molar-refractivity contribution in [3.8, 4) is 0 Å². The van der Waals surface area contributed by atoms with Gasteiger partial charge < -0.3 is 10.6 Å². The SMILES string of the molecule is CC(C)C(=O)Nc1ccc(Nc2ccccc2F)nn1. The molecule has 1 heterocycles. The lowest BCUT2D eigenvalue weighted by atomic mass is 10.2. The highest BCUT2D eigenvalue weighted by molar-refractivity contribution is 5.91. The third kappa shape index (κ3) is 3.50. The molecular formula is C14H15FN4O. The van der Waals surface area contributed by atoms with Crippen LogP contribution in [0.4, 0.5) is 21.7 Å². The Morgan fingerprint density at radius 1 is 1.10 bits per heavy atom. The van der Waals surface area contributed by atoms with Crippen molar-refractivity contribution in [2.24, 2.45) is 5.92 Å². The summed E-state index contributed by atoms with van der Waals surface area (Å²) in [5.41, 5.74) is 0.320. The van der Waals surface area contributed by atoms with Crippen LogP contribution in [0, 0.1) is 11.7 Å². The predicted octanol–water partition coefficient (Wildman–Crippen LogP) is 2.95. The Bertz CT molecular complexity index is 598. The van der Waals surface area contributed by atoms with Crippen LogP contribution in [0.25, 0.3) is 0 Å². The van der Waals surface area contributed by atoms with Gasteiger partial charge in [-0.3, -0.25) is 4.79 Å². The summed E-state index contributed by atoms with van der Waals surface area (Å²) in [6.07, 6.45) is 0. The van der Waals surface area contributed by atoms with E-state index in [1.807, 2.05) is 0 Å². The minimum atomic E-state index is -0.369. The van der Waals surface area contributed by atoms with Crippen molar-refractivity contribution in [2.75, 3.05) is 10.6 Å². The van der Waals surface area contributed by atoms with Crippen LogP contribution >= 0.6 is 0 Å². The Labute approximate surface area is 116 Å². The zero-order chi connectivity index (χ0) is 14.5. The normalized spacial score (nSPS) is 10.4. The highest BCUT2D eigenvalue weighted by Crippen LogP contribution is 2.18. The number of carbonyl (C=O) groups excluding carboxylic acids is 1. The molecule has 5 nitrogen and oxygen atoms in total. The van der Waals surface area contributed by atoms with Crippen molar-refractivity contribution >= 4 is 23.2 Å². The average Bonchev–Trinajstić information content (AvgIpc) is 2.43. The van der Waals surface area contributed by atoms with Gasteiger partial charge in [-0.25, -0.2) is 4.39 Å². The lowest BCUT2D eigenvalue weighted by Gasteiger charge is -2.08. The van der Waals surface area contributed by atoms with Gasteiger partial charge >= 0.3 is 0 Å². The zero-order valence-electron chi connectivity index (χ0n) is 11.2. The molecule has 2 rings (SSSR count). The number of nitrogens with zero attached hydrogens (tertiary/aromatic N) is 2. The molecule has 2 N–H and O–H groups in total. The third-order valence-corrected chi connectivity index (χ3v) is 2.58. The van der Waals surface area contributed by atoms with Crippen molar-refractivity contribution < 1.29 is 9.18 Å². The maximum atomic E-state index is 13.4. The summed E-state index contributed by atoms with van der Waals surface area (Å²) in [6.45, 7) is 3.58. The van der Waals surface area contributed by atoms with Crippen LogP contribution in [0.1, 0.15) is 13.8 Å². The Hall–Kier alpha value is -2.50. The molecule has 6 heteroatoms. The maximum absolute atomic E-state index is 13.4. The summed E-state index contributed by atoms with van der Waals surface area (Å²) >= 11 is 0. The summed E-state index contributed by atoms with van der Waals surface area (Å²) in [6, 6.07) is 9.51. The molecule has 2 aromatic rings. The molecule has 0 saturated heterocycles. The second-order valence-electron chi connectivity index (χ2n) is 4.55. The van der Waals surface area contributed by atoms with Crippen molar-refractivity contribution in [2.45, 2.75) is 13.8 Å². The molecule has 0 aliphatic rings. The molecular weight excluding hydrogens is 259 g/mol. The fourth-order valence-electron chi connectivity index (χ4n) is 1.44. The summed E-state index contributed by atoms with van der Waals surface area (Å²) in [5, 5.41) is 13.2. The van der Waals surface area contributed by atoms with Crippen LogP contribution in [0.15, 0.2) is 36.4 Å². The predicted molar refractivity (Wildman–Crippen MR) is 75.2 cm³/mol. The minimum absolute atomic E-state index is 0.130. The van der Waals surface area contributed by atoms with Gasteiger partial charge in [0, 0.05) is 5.92 Å². The molecule has 0 aliphatic heterocycles. The summed E-state index contributed by atoms with van der Waals surface area (Å²) < 4.78 is 13.4. The van der Waals surface area contributed by atoms with Crippen molar-refractivity contribution in [3.63, 3.8) is 0 Å². The van der Waals surface area contributed by atoms with Gasteiger partial charge in [-0.2, -0.15) is 0 Å². The summed E-state index contributed by atoms with van der Waals surface area (Å²) in [7, 11) is 0. The molecule has 0 bridgehead atoms. The number of para-hydroxylation sites is 1. The van der Waals surface area contributed by atoms with Crippen molar-refractivity contribution in [1.29, 1.82) is 0 Å². The number of rotatable bonds is 4. The van der Waals surface area contributed by atoms with Crippen LogP contribution in [-0.2, 0) is 4.79 Å². The molecule has 1 aromatic carbocycles. The Kier molecular flexibility index (Phi) is 4.24. The quantitative estimate of drug-likeness (QED) is 0.899. The number of amides is 1. The zero-order valence-corrected chi connectivity index (χ0v) is 11.2. The molecule has 0 fully saturated rings. The molecule has 0 aliphatic carbocycles. The van der Waals surface area contributed by atoms with Gasteiger partial charge in [-0.05, 0) is 24.3 Å². The number of hydrogen-bond acceptors (Lipinski definition) is 4. The molecule has 20 heavy (non-hydrogen) atoms. The van der Waals surface area contributed by atoms with E-state index in [4.69, 9.17) is 0 Å². The van der Waals surface area contributed by atoms with E-state index < -0.39 is 0 Å². The Morgan fingerprint density at radius 3 is 2.35 bits per heavy atom. The first-order valence-corrected chi connectivity index (χ1v) is 6.22. The van der Waals surface area contributed by atoms with Gasteiger partial charge in [0.25, 0.3) is 0 Å². The fourth-order valence-corrected chi connectivity index (χ4v) is 1.44. The standard InChI is InChI=1S/C14H15FN4O/c1-9(2)14(20)17-13-8-7-12(18-19-13)16-11-6-4-3-5-10(11)15/h3-9H,1-2H3,(H,16,18)(H,17,19,20). The molecule has 1 amide bonds. The molecule has 0 saturated carbocycles. The van der Waals surface area contributed by atoms with E-state index in [0.29, 0.717) is 17.3 Å². The fraction of sp³-hybridized carbons (Fsp3) is 0.214. The first-order chi connectivity index (χ1) is 9.56. The van der Waals surface area contributed by atoms with Gasteiger partial charge in [-0.15, -0.1) is 10.2 Å². The van der Waals surface area contributed by atoms with E-state index in [9.17, 15) is 9.18 Å². The second kappa shape index (κ2) is 6.10. The van der Waals surface area contributed by atoms with Crippen LogP contribution in [-0.4, -0.2) is 16.1 Å². The molecule has 0 radical (unpaired) electrons. The van der Waals surface area contributed by atoms with Crippen molar-refractivity contribution in [3.05, 3.63) is 42.2 Å². The molecule has 1 aromatic heterocycles. The number of benzene rings is 1. The number of carbonyl (C=O) groups is 1. The van der Waals surface area contributed by atoms with Gasteiger partial charge in [0.05, 0.1) is 5.69 Å². The first-order valence-electron chi connectivity index (χ1n) is 6.22. The summed E-state index contributed by atoms with van der Waals surface area (Å²) in [5.74, 6) is 0.133. The van der Waals surface area contributed by atoms with E-state index in [0.717, 1.165) is 0 Å². The maximum Gasteiger partial charge on any atom is 0.228 e. The van der Waals surface area contributed by atoms with E-state index >= 15 is 0 Å². The summed E-state index contributed by atoms with van der Waals surface area (Å²) in [4.78, 5) is 11.5. The Morgan fingerprint density at radius 2 is 1.75 bits per heavy atom. The smallest absolute Gasteiger partial charge is 0.228 e. The van der Waals surface area contributed by atoms with Gasteiger partial charge in [0.15, 0.2) is 11.6 Å². The molecule has 0 spiro atoms. The largest absolute Gasteiger partial charge is 0.336 e. The van der Waals surface area contributed by atoms with Gasteiger partial charge in [-0.1, -0.05) is 26.0 Å². The van der Waals surface area contributed by atoms with Crippen LogP contribution in [0.3, 0.4) is 0 Å². The first kappa shape index (κ1) is 13.9. The monoisotopic (exact) mass is 274 g/mol. The number of aromatic nitrogens is 2. The van der Waals surface area contributed by atoms with E-state index in [1.165, 1.54) is 6.07 Å². The lowest BCUT2D eigenvalue weighted by Crippen LogP contribution is -2.18. The average molecular weight is 274 g/mol. The molecule has 0 atom stereocenters. The second-order valence-corrected chi connectivity index (χ2v) is 4.55. The molecule has 0 unspecified atom stereocenters. The highest BCUT2D eigenvalue weighted by Gasteiger charge is 2.08.